The highest BCUT2D eigenvalue weighted by molar-refractivity contribution is 6.11. The lowest BCUT2D eigenvalue weighted by atomic mass is 10.0. The molecule has 0 atom stereocenters. The predicted molar refractivity (Wildman–Crippen MR) is 125 cm³/mol. The van der Waals surface area contributed by atoms with Crippen molar-refractivity contribution in [3.63, 3.8) is 0 Å². The van der Waals surface area contributed by atoms with Crippen molar-refractivity contribution in [2.45, 2.75) is 40.0 Å². The van der Waals surface area contributed by atoms with Crippen molar-refractivity contribution in [3.05, 3.63) is 64.8 Å². The third kappa shape index (κ3) is 4.56. The number of benzene rings is 2. The van der Waals surface area contributed by atoms with Gasteiger partial charge in [-0.1, -0.05) is 26.0 Å². The van der Waals surface area contributed by atoms with Gasteiger partial charge in [0.15, 0.2) is 5.78 Å². The number of Topliss-reactive ketones (excluding diaryl/α,β-unsaturated/α-hetero) is 1. The smallest absolute Gasteiger partial charge is 0.179 e. The Hall–Kier alpha value is -2.94. The zero-order valence-electron chi connectivity index (χ0n) is 17.4. The number of likely N-dealkylation sites (tertiary alicyclic amines) is 1. The fourth-order valence-corrected chi connectivity index (χ4v) is 4.52. The number of hydrogen-bond donors (Lipinski definition) is 1. The molecule has 162 valence electrons. The number of aliphatic hydroxyl groups is 1. The Kier molecular flexibility index (Phi) is 7.27. The zero-order chi connectivity index (χ0) is 21.1. The summed E-state index contributed by atoms with van der Waals surface area (Å²) < 4.78 is 2.10. The van der Waals surface area contributed by atoms with Gasteiger partial charge in [-0.15, -0.1) is 0 Å². The predicted octanol–water partition coefficient (Wildman–Crippen LogP) is 4.65. The number of carbonyl (C=O) groups excluding carboxylic acids is 1. The minimum atomic E-state index is 0. The van der Waals surface area contributed by atoms with Crippen LogP contribution >= 0.6 is 0 Å². The van der Waals surface area contributed by atoms with Gasteiger partial charge >= 0.3 is 0 Å². The fourth-order valence-electron chi connectivity index (χ4n) is 4.52. The summed E-state index contributed by atoms with van der Waals surface area (Å²) in [4.78, 5) is 15.6. The first kappa shape index (κ1) is 22.7. The SMILES string of the molecule is C.Cc1c(C(=O)CN2CCCCC2)c2ccc(CCO)cc2n1-c1ccc(C#N)cc1. The number of aliphatic hydroxyl groups excluding tert-OH is 1. The maximum Gasteiger partial charge on any atom is 0.179 e. The zero-order valence-corrected chi connectivity index (χ0v) is 17.4. The topological polar surface area (TPSA) is 69.3 Å². The monoisotopic (exact) mass is 417 g/mol. The van der Waals surface area contributed by atoms with Gasteiger partial charge < -0.3 is 9.67 Å². The van der Waals surface area contributed by atoms with Gasteiger partial charge in [-0.3, -0.25) is 9.69 Å². The van der Waals surface area contributed by atoms with Crippen molar-refractivity contribution in [1.29, 1.82) is 5.26 Å². The summed E-state index contributed by atoms with van der Waals surface area (Å²) in [5.41, 5.74) is 5.22. The van der Waals surface area contributed by atoms with E-state index in [0.717, 1.165) is 59.3 Å². The number of hydrogen-bond acceptors (Lipinski definition) is 4. The van der Waals surface area contributed by atoms with Crippen molar-refractivity contribution in [1.82, 2.24) is 9.47 Å². The molecule has 5 nitrogen and oxygen atoms in total. The first-order chi connectivity index (χ1) is 14.6. The van der Waals surface area contributed by atoms with Crippen LogP contribution in [0.25, 0.3) is 16.6 Å². The second-order valence-electron chi connectivity index (χ2n) is 8.04. The molecular formula is C26H31N3O2. The van der Waals surface area contributed by atoms with Crippen molar-refractivity contribution in [2.24, 2.45) is 0 Å². The molecule has 3 aromatic rings. The van der Waals surface area contributed by atoms with E-state index in [9.17, 15) is 9.90 Å². The average Bonchev–Trinajstić information content (AvgIpc) is 3.06. The van der Waals surface area contributed by atoms with Crippen LogP contribution in [0.2, 0.25) is 0 Å². The number of piperidine rings is 1. The largest absolute Gasteiger partial charge is 0.396 e. The number of ketones is 1. The summed E-state index contributed by atoms with van der Waals surface area (Å²) >= 11 is 0. The molecule has 0 radical (unpaired) electrons. The Labute approximate surface area is 184 Å². The summed E-state index contributed by atoms with van der Waals surface area (Å²) in [6.07, 6.45) is 4.13. The summed E-state index contributed by atoms with van der Waals surface area (Å²) in [6, 6.07) is 15.7. The van der Waals surface area contributed by atoms with Gasteiger partial charge in [0.05, 0.1) is 23.7 Å². The van der Waals surface area contributed by atoms with Gasteiger partial charge in [-0.05, 0) is 75.2 Å². The molecular weight excluding hydrogens is 386 g/mol. The fraction of sp³-hybridized carbons (Fsp3) is 0.385. The van der Waals surface area contributed by atoms with Crippen LogP contribution in [0.5, 0.6) is 0 Å². The minimum Gasteiger partial charge on any atom is -0.396 e. The first-order valence-corrected chi connectivity index (χ1v) is 10.6. The van der Waals surface area contributed by atoms with E-state index in [1.165, 1.54) is 6.42 Å². The number of nitrogens with zero attached hydrogens (tertiary/aromatic N) is 3. The molecule has 0 amide bonds. The Morgan fingerprint density at radius 2 is 1.81 bits per heavy atom. The molecule has 1 fully saturated rings. The van der Waals surface area contributed by atoms with Gasteiger partial charge in [0.25, 0.3) is 0 Å². The normalized spacial score (nSPS) is 14.2. The molecule has 1 aliphatic rings. The summed E-state index contributed by atoms with van der Waals surface area (Å²) in [6.45, 7) is 4.50. The van der Waals surface area contributed by atoms with E-state index in [0.29, 0.717) is 18.5 Å². The molecule has 2 heterocycles. The number of aromatic nitrogens is 1. The summed E-state index contributed by atoms with van der Waals surface area (Å²) in [7, 11) is 0. The van der Waals surface area contributed by atoms with E-state index in [1.807, 2.05) is 31.2 Å². The van der Waals surface area contributed by atoms with Gasteiger partial charge in [0, 0.05) is 28.9 Å². The van der Waals surface area contributed by atoms with Crippen molar-refractivity contribution < 1.29 is 9.90 Å². The van der Waals surface area contributed by atoms with Crippen molar-refractivity contribution in [2.75, 3.05) is 26.2 Å². The number of nitriles is 1. The Morgan fingerprint density at radius 3 is 2.45 bits per heavy atom. The third-order valence-corrected chi connectivity index (χ3v) is 6.02. The van der Waals surface area contributed by atoms with Gasteiger partial charge in [0.2, 0.25) is 0 Å². The number of rotatable bonds is 6. The molecule has 0 spiro atoms. The highest BCUT2D eigenvalue weighted by Gasteiger charge is 2.23. The standard InChI is InChI=1S/C25H27N3O2.CH4/c1-18-25(24(30)17-27-12-3-2-4-13-27)22-10-7-19(11-14-29)15-23(22)28(18)21-8-5-20(16-26)6-9-21;/h5-10,15,29H,2-4,11-14,17H2,1H3;1H4. The van der Waals surface area contributed by atoms with Crippen LogP contribution in [0.4, 0.5) is 0 Å². The van der Waals surface area contributed by atoms with Crippen LogP contribution in [0.1, 0.15) is 53.9 Å². The van der Waals surface area contributed by atoms with Crippen LogP contribution in [0, 0.1) is 18.3 Å². The second-order valence-corrected chi connectivity index (χ2v) is 8.04. The average molecular weight is 418 g/mol. The van der Waals surface area contributed by atoms with Crippen LogP contribution in [-0.4, -0.2) is 46.6 Å². The molecule has 31 heavy (non-hydrogen) atoms. The Morgan fingerprint density at radius 1 is 1.10 bits per heavy atom. The molecule has 1 aliphatic heterocycles. The highest BCUT2D eigenvalue weighted by Crippen LogP contribution is 2.31. The summed E-state index contributed by atoms with van der Waals surface area (Å²) in [5, 5.41) is 19.4. The van der Waals surface area contributed by atoms with E-state index in [-0.39, 0.29) is 19.8 Å². The molecule has 0 aliphatic carbocycles. The number of carbonyl (C=O) groups is 1. The minimum absolute atomic E-state index is 0. The van der Waals surface area contributed by atoms with Gasteiger partial charge in [-0.25, -0.2) is 0 Å². The highest BCUT2D eigenvalue weighted by atomic mass is 16.3. The van der Waals surface area contributed by atoms with Gasteiger partial charge in [0.1, 0.15) is 0 Å². The molecule has 0 bridgehead atoms. The molecule has 5 heteroatoms. The van der Waals surface area contributed by atoms with E-state index in [4.69, 9.17) is 5.26 Å². The maximum atomic E-state index is 13.4. The molecule has 1 saturated heterocycles. The van der Waals surface area contributed by atoms with Crippen molar-refractivity contribution >= 4 is 16.7 Å². The Balaban J connectivity index is 0.00000272. The van der Waals surface area contributed by atoms with E-state index in [2.05, 4.69) is 21.6 Å². The quantitative estimate of drug-likeness (QED) is 0.593. The first-order valence-electron chi connectivity index (χ1n) is 10.6. The molecule has 1 N–H and O–H groups in total. The van der Waals surface area contributed by atoms with Gasteiger partial charge in [-0.2, -0.15) is 5.26 Å². The third-order valence-electron chi connectivity index (χ3n) is 6.02. The second kappa shape index (κ2) is 9.91. The van der Waals surface area contributed by atoms with E-state index < -0.39 is 0 Å². The lowest BCUT2D eigenvalue weighted by Crippen LogP contribution is -2.34. The van der Waals surface area contributed by atoms with E-state index in [1.54, 1.807) is 12.1 Å². The summed E-state index contributed by atoms with van der Waals surface area (Å²) in [5.74, 6) is 0.154. The van der Waals surface area contributed by atoms with Crippen LogP contribution < -0.4 is 0 Å². The van der Waals surface area contributed by atoms with Crippen LogP contribution in [0.15, 0.2) is 42.5 Å². The van der Waals surface area contributed by atoms with E-state index >= 15 is 0 Å². The van der Waals surface area contributed by atoms with Crippen LogP contribution in [0.3, 0.4) is 0 Å². The molecule has 1 aromatic heterocycles. The molecule has 2 aromatic carbocycles. The Bertz CT molecular complexity index is 1100. The molecule has 0 saturated carbocycles. The maximum absolute atomic E-state index is 13.4. The lowest BCUT2D eigenvalue weighted by molar-refractivity contribution is 0.0916. The number of fused-ring (bicyclic) bond motifs is 1. The van der Waals surface area contributed by atoms with Crippen molar-refractivity contribution in [3.8, 4) is 11.8 Å². The molecule has 4 rings (SSSR count). The van der Waals surface area contributed by atoms with Crippen LogP contribution in [-0.2, 0) is 6.42 Å². The molecule has 0 unspecified atom stereocenters. The lowest BCUT2D eigenvalue weighted by Gasteiger charge is -2.25.